The molecule has 5 rings (SSSR count). The van der Waals surface area contributed by atoms with Gasteiger partial charge in [-0.1, -0.05) is 12.2 Å². The summed E-state index contributed by atoms with van der Waals surface area (Å²) in [6.07, 6.45) is 10.3. The van der Waals surface area contributed by atoms with Gasteiger partial charge >= 0.3 is 0 Å². The van der Waals surface area contributed by atoms with E-state index in [0.717, 1.165) is 39.9 Å². The summed E-state index contributed by atoms with van der Waals surface area (Å²) < 4.78 is 11.6. The van der Waals surface area contributed by atoms with E-state index in [-0.39, 0.29) is 12.4 Å². The highest BCUT2D eigenvalue weighted by Crippen LogP contribution is 2.35. The highest BCUT2D eigenvalue weighted by molar-refractivity contribution is 5.94. The Labute approximate surface area is 199 Å². The summed E-state index contributed by atoms with van der Waals surface area (Å²) in [5.74, 6) is 2.05. The van der Waals surface area contributed by atoms with E-state index in [4.69, 9.17) is 9.47 Å². The van der Waals surface area contributed by atoms with Crippen LogP contribution in [-0.4, -0.2) is 53.2 Å². The molecule has 8 heteroatoms. The van der Waals surface area contributed by atoms with E-state index in [2.05, 4.69) is 43.4 Å². The predicted molar refractivity (Wildman–Crippen MR) is 135 cm³/mol. The summed E-state index contributed by atoms with van der Waals surface area (Å²) in [7, 11) is 1.65. The third-order valence-electron chi connectivity index (χ3n) is 5.80. The smallest absolute Gasteiger partial charge is 0.163 e. The molecule has 1 aliphatic heterocycles. The first kappa shape index (κ1) is 22.9. The number of likely N-dealkylation sites (tertiary alicyclic amines) is 1. The third kappa shape index (κ3) is 5.21. The van der Waals surface area contributed by atoms with E-state index in [1.54, 1.807) is 13.4 Å². The van der Waals surface area contributed by atoms with E-state index in [9.17, 15) is 0 Å². The Balaban J connectivity index is 0.00000259. The van der Waals surface area contributed by atoms with Gasteiger partial charge in [-0.05, 0) is 56.3 Å². The molecule has 0 atom stereocenters. The largest absolute Gasteiger partial charge is 0.493 e. The zero-order valence-electron chi connectivity index (χ0n) is 18.6. The van der Waals surface area contributed by atoms with Gasteiger partial charge in [0.1, 0.15) is 18.8 Å². The number of benzene rings is 2. The zero-order chi connectivity index (χ0) is 21.8. The SMILES string of the molecule is COc1cc2c(Nc3ccc4[nH]ccc4c3)ncnc2cc1OC/C=C/CN1CCCC1.Cl. The normalized spacial score (nSPS) is 14.1. The molecule has 33 heavy (non-hydrogen) atoms. The molecule has 0 bridgehead atoms. The second kappa shape index (κ2) is 10.6. The van der Waals surface area contributed by atoms with Gasteiger partial charge in [0.2, 0.25) is 0 Å². The van der Waals surface area contributed by atoms with Crippen molar-refractivity contribution in [3.05, 3.63) is 61.1 Å². The molecule has 2 aromatic carbocycles. The summed E-state index contributed by atoms with van der Waals surface area (Å²) in [4.78, 5) is 14.6. The van der Waals surface area contributed by atoms with Crippen LogP contribution in [-0.2, 0) is 0 Å². The average Bonchev–Trinajstić information content (AvgIpc) is 3.50. The van der Waals surface area contributed by atoms with E-state index < -0.39 is 0 Å². The van der Waals surface area contributed by atoms with Crippen molar-refractivity contribution in [1.29, 1.82) is 0 Å². The molecule has 172 valence electrons. The van der Waals surface area contributed by atoms with Crippen LogP contribution in [0.2, 0.25) is 0 Å². The Morgan fingerprint density at radius 2 is 1.94 bits per heavy atom. The predicted octanol–water partition coefficient (Wildman–Crippen LogP) is 5.32. The molecule has 0 unspecified atom stereocenters. The summed E-state index contributed by atoms with van der Waals surface area (Å²) in [5.41, 5.74) is 2.85. The molecular weight excluding hydrogens is 438 g/mol. The second-order valence-electron chi connectivity index (χ2n) is 7.94. The van der Waals surface area contributed by atoms with Gasteiger partial charge in [-0.15, -0.1) is 12.4 Å². The lowest BCUT2D eigenvalue weighted by molar-refractivity contribution is 0.325. The number of halogens is 1. The number of nitrogens with one attached hydrogen (secondary N) is 2. The summed E-state index contributed by atoms with van der Waals surface area (Å²) >= 11 is 0. The average molecular weight is 466 g/mol. The van der Waals surface area contributed by atoms with Crippen LogP contribution < -0.4 is 14.8 Å². The summed E-state index contributed by atoms with van der Waals surface area (Å²) in [6, 6.07) is 12.0. The van der Waals surface area contributed by atoms with Crippen molar-refractivity contribution in [2.24, 2.45) is 0 Å². The Kier molecular flexibility index (Phi) is 7.32. The van der Waals surface area contributed by atoms with Gasteiger partial charge in [-0.2, -0.15) is 0 Å². The molecule has 7 nitrogen and oxygen atoms in total. The number of H-pyrrole nitrogens is 1. The van der Waals surface area contributed by atoms with E-state index in [0.29, 0.717) is 18.1 Å². The molecule has 1 fully saturated rings. The van der Waals surface area contributed by atoms with Crippen molar-refractivity contribution in [2.45, 2.75) is 12.8 Å². The molecule has 0 saturated carbocycles. The number of hydrogen-bond donors (Lipinski definition) is 2. The van der Waals surface area contributed by atoms with Crippen LogP contribution in [0.1, 0.15) is 12.8 Å². The summed E-state index contributed by atoms with van der Waals surface area (Å²) in [5, 5.41) is 5.42. The molecular formula is C25H28ClN5O2. The van der Waals surface area contributed by atoms with Crippen LogP contribution in [0.15, 0.2) is 61.1 Å². The van der Waals surface area contributed by atoms with Crippen LogP contribution >= 0.6 is 12.4 Å². The van der Waals surface area contributed by atoms with E-state index in [1.165, 1.54) is 25.9 Å². The topological polar surface area (TPSA) is 75.3 Å². The van der Waals surface area contributed by atoms with Crippen molar-refractivity contribution < 1.29 is 9.47 Å². The molecule has 0 spiro atoms. The number of aromatic amines is 1. The Hall–Kier alpha value is -3.29. The van der Waals surface area contributed by atoms with Crippen LogP contribution in [0, 0.1) is 0 Å². The van der Waals surface area contributed by atoms with Crippen LogP contribution in [0.3, 0.4) is 0 Å². The second-order valence-corrected chi connectivity index (χ2v) is 7.94. The van der Waals surface area contributed by atoms with Crippen molar-refractivity contribution >= 4 is 45.7 Å². The quantitative estimate of drug-likeness (QED) is 0.343. The van der Waals surface area contributed by atoms with Crippen molar-refractivity contribution in [3.63, 3.8) is 0 Å². The molecule has 0 amide bonds. The first-order valence-corrected chi connectivity index (χ1v) is 11.0. The van der Waals surface area contributed by atoms with Crippen LogP contribution in [0.4, 0.5) is 11.5 Å². The Morgan fingerprint density at radius 1 is 1.06 bits per heavy atom. The van der Waals surface area contributed by atoms with Gasteiger partial charge in [0.05, 0.1) is 12.6 Å². The number of hydrogen-bond acceptors (Lipinski definition) is 6. The van der Waals surface area contributed by atoms with Gasteiger partial charge in [-0.25, -0.2) is 9.97 Å². The molecule has 4 aromatic rings. The van der Waals surface area contributed by atoms with Gasteiger partial charge in [0.15, 0.2) is 11.5 Å². The molecule has 3 heterocycles. The third-order valence-corrected chi connectivity index (χ3v) is 5.80. The standard InChI is InChI=1S/C25H27N5O2.ClH/c1-31-23-15-20-22(16-24(23)32-13-5-4-12-30-10-2-3-11-30)27-17-28-25(20)29-19-6-7-21-18(14-19)8-9-26-21;/h4-9,14-17,26H,2-3,10-13H2,1H3,(H,27,28,29);1H/b5-4+;. The van der Waals surface area contributed by atoms with Crippen molar-refractivity contribution in [1.82, 2.24) is 19.9 Å². The fourth-order valence-corrected chi connectivity index (χ4v) is 4.10. The van der Waals surface area contributed by atoms with Gasteiger partial charge in [0, 0.05) is 40.8 Å². The maximum absolute atomic E-state index is 5.98. The highest BCUT2D eigenvalue weighted by Gasteiger charge is 2.12. The lowest BCUT2D eigenvalue weighted by Gasteiger charge is -2.13. The lowest BCUT2D eigenvalue weighted by Crippen LogP contribution is -2.18. The molecule has 2 aromatic heterocycles. The minimum absolute atomic E-state index is 0. The number of methoxy groups -OCH3 is 1. The molecule has 0 radical (unpaired) electrons. The molecule has 1 saturated heterocycles. The molecule has 1 aliphatic rings. The number of anilines is 2. The Bertz CT molecular complexity index is 1250. The summed E-state index contributed by atoms with van der Waals surface area (Å²) in [6.45, 7) is 3.86. The van der Waals surface area contributed by atoms with Crippen LogP contribution in [0.25, 0.3) is 21.8 Å². The first-order valence-electron chi connectivity index (χ1n) is 11.0. The maximum Gasteiger partial charge on any atom is 0.163 e. The molecule has 2 N–H and O–H groups in total. The number of aromatic nitrogens is 3. The number of rotatable bonds is 8. The maximum atomic E-state index is 5.98. The Morgan fingerprint density at radius 3 is 2.79 bits per heavy atom. The van der Waals surface area contributed by atoms with Gasteiger partial charge in [0.25, 0.3) is 0 Å². The highest BCUT2D eigenvalue weighted by atomic mass is 35.5. The fourth-order valence-electron chi connectivity index (χ4n) is 4.10. The van der Waals surface area contributed by atoms with Crippen molar-refractivity contribution in [2.75, 3.05) is 38.7 Å². The first-order chi connectivity index (χ1) is 15.8. The minimum Gasteiger partial charge on any atom is -0.493 e. The van der Waals surface area contributed by atoms with E-state index in [1.807, 2.05) is 36.5 Å². The number of fused-ring (bicyclic) bond motifs is 2. The fraction of sp³-hybridized carbons (Fsp3) is 0.280. The van der Waals surface area contributed by atoms with Crippen molar-refractivity contribution in [3.8, 4) is 11.5 Å². The lowest BCUT2D eigenvalue weighted by atomic mass is 10.2. The van der Waals surface area contributed by atoms with Crippen LogP contribution in [0.5, 0.6) is 11.5 Å². The van der Waals surface area contributed by atoms with E-state index >= 15 is 0 Å². The number of nitrogens with zero attached hydrogens (tertiary/aromatic N) is 3. The van der Waals surface area contributed by atoms with Gasteiger partial charge in [-0.3, -0.25) is 4.90 Å². The minimum atomic E-state index is 0. The number of ether oxygens (including phenoxy) is 2. The van der Waals surface area contributed by atoms with Gasteiger partial charge < -0.3 is 19.8 Å². The zero-order valence-corrected chi connectivity index (χ0v) is 19.4. The molecule has 0 aliphatic carbocycles. The monoisotopic (exact) mass is 465 g/mol.